The zero-order valence-electron chi connectivity index (χ0n) is 16.7. The summed E-state index contributed by atoms with van der Waals surface area (Å²) in [5, 5.41) is 9.04. The predicted octanol–water partition coefficient (Wildman–Crippen LogP) is 3.64. The summed E-state index contributed by atoms with van der Waals surface area (Å²) in [5.41, 5.74) is 1.09. The number of nitriles is 1. The quantitative estimate of drug-likeness (QED) is 0.882. The van der Waals surface area contributed by atoms with Crippen LogP contribution in [0.1, 0.15) is 68.4 Å². The molecule has 3 saturated heterocycles. The van der Waals surface area contributed by atoms with E-state index in [4.69, 9.17) is 5.26 Å². The lowest BCUT2D eigenvalue weighted by atomic mass is 9.71. The van der Waals surface area contributed by atoms with Crippen LogP contribution in [0.25, 0.3) is 0 Å². The van der Waals surface area contributed by atoms with Gasteiger partial charge in [-0.25, -0.2) is 0 Å². The molecule has 4 atom stereocenters. The van der Waals surface area contributed by atoms with Gasteiger partial charge in [0, 0.05) is 31.4 Å². The van der Waals surface area contributed by atoms with Gasteiger partial charge in [-0.05, 0) is 62.5 Å². The van der Waals surface area contributed by atoms with Crippen LogP contribution in [0, 0.1) is 29.1 Å². The number of amides is 1. The zero-order valence-corrected chi connectivity index (χ0v) is 16.7. The van der Waals surface area contributed by atoms with Gasteiger partial charge in [0.1, 0.15) is 11.8 Å². The first-order chi connectivity index (χ1) is 13.1. The van der Waals surface area contributed by atoms with Crippen molar-refractivity contribution in [3.63, 3.8) is 0 Å². The van der Waals surface area contributed by atoms with Gasteiger partial charge in [0.05, 0.1) is 5.56 Å². The molecule has 0 spiro atoms. The Labute approximate surface area is 162 Å². The van der Waals surface area contributed by atoms with E-state index in [0.717, 1.165) is 19.0 Å². The van der Waals surface area contributed by atoms with Crippen molar-refractivity contribution in [1.82, 2.24) is 14.8 Å². The zero-order chi connectivity index (χ0) is 19.0. The largest absolute Gasteiger partial charge is 0.356 e. The highest BCUT2D eigenvalue weighted by Crippen LogP contribution is 2.43. The molecule has 27 heavy (non-hydrogen) atoms. The fourth-order valence-corrected chi connectivity index (χ4v) is 5.73. The van der Waals surface area contributed by atoms with Crippen molar-refractivity contribution in [1.29, 1.82) is 5.26 Å². The summed E-state index contributed by atoms with van der Waals surface area (Å²) in [6, 6.07) is 5.08. The second-order valence-corrected chi connectivity index (χ2v) is 9.22. The Morgan fingerprint density at radius 1 is 1.33 bits per heavy atom. The molecular formula is C22H32N4O. The van der Waals surface area contributed by atoms with Crippen molar-refractivity contribution < 1.29 is 4.79 Å². The molecule has 146 valence electrons. The Balaban J connectivity index is 1.54. The van der Waals surface area contributed by atoms with Crippen molar-refractivity contribution >= 4 is 5.91 Å². The summed E-state index contributed by atoms with van der Waals surface area (Å²) in [4.78, 5) is 21.0. The van der Waals surface area contributed by atoms with Crippen LogP contribution in [0.5, 0.6) is 0 Å². The molecule has 0 saturated carbocycles. The third kappa shape index (κ3) is 3.65. The normalized spacial score (nSPS) is 30.8. The van der Waals surface area contributed by atoms with E-state index in [2.05, 4.69) is 34.7 Å². The van der Waals surface area contributed by atoms with Gasteiger partial charge in [-0.2, -0.15) is 5.26 Å². The number of rotatable bonds is 4. The lowest BCUT2D eigenvalue weighted by molar-refractivity contribution is -0.0682. The number of piperidine rings is 3. The van der Waals surface area contributed by atoms with Crippen LogP contribution in [0.15, 0.2) is 12.3 Å². The SMILES string of the molecule is CC(C)CC[C@H]1[C@H]2C[C@H](CN(C(=O)c3cc(C#N)c[nH]3)C2)[C@@H]2CCCCN21. The van der Waals surface area contributed by atoms with Crippen LogP contribution in [-0.4, -0.2) is 52.4 Å². The standard InChI is InChI=1S/C22H32N4O/c1-15(2)6-7-21-18-10-17(20-5-3-4-8-26(20)21)13-25(14-18)22(27)19-9-16(11-23)12-24-19/h9,12,15,17-18,20-21,24H,3-8,10,13-14H2,1-2H3/t17-,18+,20+,21+/m1/s1. The van der Waals surface area contributed by atoms with Crippen molar-refractivity contribution in [2.75, 3.05) is 19.6 Å². The van der Waals surface area contributed by atoms with E-state index in [9.17, 15) is 4.79 Å². The highest BCUT2D eigenvalue weighted by atomic mass is 16.2. The summed E-state index contributed by atoms with van der Waals surface area (Å²) in [6.07, 6.45) is 9.39. The van der Waals surface area contributed by atoms with Crippen molar-refractivity contribution in [2.45, 2.75) is 64.5 Å². The number of likely N-dealkylation sites (tertiary alicyclic amines) is 1. The Kier molecular flexibility index (Phi) is 5.27. The van der Waals surface area contributed by atoms with E-state index in [1.165, 1.54) is 45.1 Å². The minimum atomic E-state index is 0.0677. The third-order valence-corrected chi connectivity index (χ3v) is 6.99. The Morgan fingerprint density at radius 3 is 2.89 bits per heavy atom. The number of nitrogens with one attached hydrogen (secondary N) is 1. The van der Waals surface area contributed by atoms with Crippen molar-refractivity contribution in [2.24, 2.45) is 17.8 Å². The molecule has 0 aromatic carbocycles. The number of aromatic nitrogens is 1. The van der Waals surface area contributed by atoms with Crippen molar-refractivity contribution in [3.05, 3.63) is 23.5 Å². The fraction of sp³-hybridized carbons (Fsp3) is 0.727. The molecule has 0 radical (unpaired) electrons. The predicted molar refractivity (Wildman–Crippen MR) is 105 cm³/mol. The molecular weight excluding hydrogens is 336 g/mol. The summed E-state index contributed by atoms with van der Waals surface area (Å²) in [5.74, 6) is 1.99. The molecule has 5 heteroatoms. The van der Waals surface area contributed by atoms with Gasteiger partial charge in [-0.3, -0.25) is 9.69 Å². The molecule has 5 nitrogen and oxygen atoms in total. The van der Waals surface area contributed by atoms with E-state index in [1.807, 2.05) is 0 Å². The highest BCUT2D eigenvalue weighted by molar-refractivity contribution is 5.93. The maximum Gasteiger partial charge on any atom is 0.270 e. The summed E-state index contributed by atoms with van der Waals surface area (Å²) in [7, 11) is 0. The van der Waals surface area contributed by atoms with Gasteiger partial charge in [0.2, 0.25) is 0 Å². The molecule has 4 heterocycles. The van der Waals surface area contributed by atoms with Gasteiger partial charge >= 0.3 is 0 Å². The minimum absolute atomic E-state index is 0.0677. The van der Waals surface area contributed by atoms with E-state index in [0.29, 0.717) is 35.2 Å². The molecule has 1 aromatic heterocycles. The number of carbonyl (C=O) groups is 1. The van der Waals surface area contributed by atoms with Gasteiger partial charge < -0.3 is 9.88 Å². The molecule has 3 fully saturated rings. The van der Waals surface area contributed by atoms with Crippen LogP contribution in [0.2, 0.25) is 0 Å². The minimum Gasteiger partial charge on any atom is -0.356 e. The first-order valence-corrected chi connectivity index (χ1v) is 10.7. The second-order valence-electron chi connectivity index (χ2n) is 9.22. The Hall–Kier alpha value is -1.80. The van der Waals surface area contributed by atoms with Crippen LogP contribution in [-0.2, 0) is 0 Å². The topological polar surface area (TPSA) is 63.1 Å². The number of nitrogens with zero attached hydrogens (tertiary/aromatic N) is 3. The number of hydrogen-bond acceptors (Lipinski definition) is 3. The second kappa shape index (κ2) is 7.67. The molecule has 4 rings (SSSR count). The van der Waals surface area contributed by atoms with Gasteiger partial charge in [-0.1, -0.05) is 20.3 Å². The fourth-order valence-electron chi connectivity index (χ4n) is 5.73. The summed E-state index contributed by atoms with van der Waals surface area (Å²) < 4.78 is 0. The van der Waals surface area contributed by atoms with E-state index in [1.54, 1.807) is 12.3 Å². The maximum absolute atomic E-state index is 13.1. The summed E-state index contributed by atoms with van der Waals surface area (Å²) >= 11 is 0. The third-order valence-electron chi connectivity index (χ3n) is 6.99. The average molecular weight is 369 g/mol. The first-order valence-electron chi connectivity index (χ1n) is 10.7. The van der Waals surface area contributed by atoms with Gasteiger partial charge in [0.15, 0.2) is 0 Å². The Morgan fingerprint density at radius 2 is 2.15 bits per heavy atom. The average Bonchev–Trinajstić information content (AvgIpc) is 3.16. The molecule has 1 N–H and O–H groups in total. The van der Waals surface area contributed by atoms with Crippen molar-refractivity contribution in [3.8, 4) is 6.07 Å². The number of carbonyl (C=O) groups excluding carboxylic acids is 1. The Bertz CT molecular complexity index is 718. The number of aromatic amines is 1. The monoisotopic (exact) mass is 368 g/mol. The molecule has 1 amide bonds. The number of H-pyrrole nitrogens is 1. The van der Waals surface area contributed by atoms with Crippen LogP contribution in [0.4, 0.5) is 0 Å². The molecule has 3 aliphatic rings. The number of fused-ring (bicyclic) bond motifs is 4. The lowest BCUT2D eigenvalue weighted by Crippen LogP contribution is -2.64. The van der Waals surface area contributed by atoms with Crippen LogP contribution in [0.3, 0.4) is 0 Å². The molecule has 0 unspecified atom stereocenters. The lowest BCUT2D eigenvalue weighted by Gasteiger charge is -2.57. The van der Waals surface area contributed by atoms with Gasteiger partial charge in [0.25, 0.3) is 5.91 Å². The van der Waals surface area contributed by atoms with E-state index >= 15 is 0 Å². The maximum atomic E-state index is 13.1. The molecule has 1 aromatic rings. The molecule has 3 aliphatic heterocycles. The van der Waals surface area contributed by atoms with E-state index < -0.39 is 0 Å². The first kappa shape index (κ1) is 18.6. The molecule has 2 bridgehead atoms. The number of hydrogen-bond donors (Lipinski definition) is 1. The van der Waals surface area contributed by atoms with Crippen LogP contribution < -0.4 is 0 Å². The van der Waals surface area contributed by atoms with Gasteiger partial charge in [-0.15, -0.1) is 0 Å². The molecule has 0 aliphatic carbocycles. The highest BCUT2D eigenvalue weighted by Gasteiger charge is 2.47. The van der Waals surface area contributed by atoms with Crippen LogP contribution >= 0.6 is 0 Å². The summed E-state index contributed by atoms with van der Waals surface area (Å²) in [6.45, 7) is 7.61. The smallest absolute Gasteiger partial charge is 0.270 e. The van der Waals surface area contributed by atoms with E-state index in [-0.39, 0.29) is 5.91 Å².